The van der Waals surface area contributed by atoms with Gasteiger partial charge < -0.3 is 10.6 Å². The van der Waals surface area contributed by atoms with E-state index in [1.165, 1.54) is 11.3 Å². The molecule has 1 fully saturated rings. The van der Waals surface area contributed by atoms with Gasteiger partial charge in [-0.15, -0.1) is 11.3 Å². The molecule has 1 heterocycles. The summed E-state index contributed by atoms with van der Waals surface area (Å²) in [6.07, 6.45) is 4.08. The molecule has 2 aromatic carbocycles. The Morgan fingerprint density at radius 1 is 0.943 bits per heavy atom. The number of carbonyl (C=O) groups excluding carboxylic acids is 3. The molecule has 1 unspecified atom stereocenters. The molecule has 2 N–H and O–H groups in total. The molecule has 4 rings (SSSR count). The first-order valence-electron chi connectivity index (χ1n) is 12.0. The normalized spacial score (nSPS) is 14.3. The zero-order valence-corrected chi connectivity index (χ0v) is 20.9. The van der Waals surface area contributed by atoms with Crippen LogP contribution in [0.15, 0.2) is 66.0 Å². The number of nitrogens with one attached hydrogen (secondary N) is 2. The number of carbonyl (C=O) groups is 3. The summed E-state index contributed by atoms with van der Waals surface area (Å²) in [6, 6.07) is 18.0. The molecule has 0 saturated heterocycles. The summed E-state index contributed by atoms with van der Waals surface area (Å²) in [6.45, 7) is 3.65. The van der Waals surface area contributed by atoms with Crippen LogP contribution in [0, 0.1) is 13.8 Å². The first-order valence-corrected chi connectivity index (χ1v) is 12.9. The van der Waals surface area contributed by atoms with Crippen LogP contribution < -0.4 is 15.5 Å². The van der Waals surface area contributed by atoms with E-state index in [1.807, 2.05) is 67.8 Å². The van der Waals surface area contributed by atoms with Gasteiger partial charge in [-0.1, -0.05) is 61.4 Å². The number of aryl methyl sites for hydroxylation is 2. The van der Waals surface area contributed by atoms with Gasteiger partial charge in [-0.05, 0) is 60.9 Å². The van der Waals surface area contributed by atoms with Crippen molar-refractivity contribution in [2.75, 3.05) is 11.4 Å². The fourth-order valence-electron chi connectivity index (χ4n) is 4.63. The number of para-hydroxylation sites is 1. The van der Waals surface area contributed by atoms with Gasteiger partial charge in [0, 0.05) is 11.7 Å². The number of amides is 3. The molecular formula is C28H31N3O3S. The minimum absolute atomic E-state index is 0.112. The number of thiophene rings is 1. The lowest BCUT2D eigenvalue weighted by molar-refractivity contribution is -0.126. The average Bonchev–Trinajstić information content (AvgIpc) is 3.57. The molecule has 1 aromatic heterocycles. The number of rotatable bonds is 8. The minimum Gasteiger partial charge on any atom is -0.351 e. The van der Waals surface area contributed by atoms with Gasteiger partial charge in [0.15, 0.2) is 0 Å². The van der Waals surface area contributed by atoms with Crippen molar-refractivity contribution in [3.05, 3.63) is 87.6 Å². The minimum atomic E-state index is -0.857. The van der Waals surface area contributed by atoms with Crippen LogP contribution in [0.4, 0.5) is 5.69 Å². The highest BCUT2D eigenvalue weighted by Gasteiger charge is 2.35. The van der Waals surface area contributed by atoms with Crippen LogP contribution in [0.25, 0.3) is 0 Å². The SMILES string of the molecule is Cc1ccccc1C(C(=O)NC1CCCC1)N(C(=O)CNC(=O)c1cccs1)c1ccccc1C. The molecule has 1 aliphatic rings. The molecular weight excluding hydrogens is 458 g/mol. The number of nitrogens with zero attached hydrogens (tertiary/aromatic N) is 1. The second-order valence-corrected chi connectivity index (χ2v) is 9.91. The van der Waals surface area contributed by atoms with Crippen LogP contribution in [0.5, 0.6) is 0 Å². The largest absolute Gasteiger partial charge is 0.351 e. The molecule has 1 atom stereocenters. The molecule has 0 aliphatic heterocycles. The van der Waals surface area contributed by atoms with Crippen molar-refractivity contribution in [2.24, 2.45) is 0 Å². The van der Waals surface area contributed by atoms with E-state index in [0.717, 1.165) is 42.4 Å². The molecule has 35 heavy (non-hydrogen) atoms. The molecule has 7 heteroatoms. The smallest absolute Gasteiger partial charge is 0.261 e. The number of anilines is 1. The molecule has 0 spiro atoms. The summed E-state index contributed by atoms with van der Waals surface area (Å²) in [5, 5.41) is 7.75. The highest BCUT2D eigenvalue weighted by Crippen LogP contribution is 2.32. The molecule has 3 amide bonds. The maximum absolute atomic E-state index is 13.8. The van der Waals surface area contributed by atoms with Gasteiger partial charge in [0.25, 0.3) is 5.91 Å². The van der Waals surface area contributed by atoms with E-state index in [9.17, 15) is 14.4 Å². The Bertz CT molecular complexity index is 1190. The fourth-order valence-corrected chi connectivity index (χ4v) is 5.27. The van der Waals surface area contributed by atoms with Crippen molar-refractivity contribution in [3.8, 4) is 0 Å². The van der Waals surface area contributed by atoms with Gasteiger partial charge in [0.05, 0.1) is 11.4 Å². The fraction of sp³-hybridized carbons (Fsp3) is 0.321. The third kappa shape index (κ3) is 5.80. The molecule has 6 nitrogen and oxygen atoms in total. The van der Waals surface area contributed by atoms with E-state index in [1.54, 1.807) is 17.0 Å². The van der Waals surface area contributed by atoms with E-state index >= 15 is 0 Å². The van der Waals surface area contributed by atoms with Gasteiger partial charge in [-0.3, -0.25) is 19.3 Å². The Balaban J connectivity index is 1.71. The van der Waals surface area contributed by atoms with Crippen molar-refractivity contribution >= 4 is 34.7 Å². The monoisotopic (exact) mass is 489 g/mol. The van der Waals surface area contributed by atoms with Crippen LogP contribution in [0.3, 0.4) is 0 Å². The lowest BCUT2D eigenvalue weighted by atomic mass is 9.97. The number of hydrogen-bond donors (Lipinski definition) is 2. The summed E-state index contributed by atoms with van der Waals surface area (Å²) in [4.78, 5) is 42.2. The van der Waals surface area contributed by atoms with E-state index < -0.39 is 6.04 Å². The zero-order valence-electron chi connectivity index (χ0n) is 20.1. The molecule has 3 aromatic rings. The third-order valence-electron chi connectivity index (χ3n) is 6.48. The van der Waals surface area contributed by atoms with Crippen molar-refractivity contribution in [1.82, 2.24) is 10.6 Å². The molecule has 182 valence electrons. The summed E-state index contributed by atoms with van der Waals surface area (Å²) in [7, 11) is 0. The Morgan fingerprint density at radius 2 is 1.63 bits per heavy atom. The maximum atomic E-state index is 13.8. The quantitative estimate of drug-likeness (QED) is 0.471. The first-order chi connectivity index (χ1) is 17.0. The number of benzene rings is 2. The van der Waals surface area contributed by atoms with Gasteiger partial charge in [0.1, 0.15) is 6.04 Å². The molecule has 0 bridgehead atoms. The van der Waals surface area contributed by atoms with Crippen molar-refractivity contribution in [1.29, 1.82) is 0 Å². The van der Waals surface area contributed by atoms with Crippen molar-refractivity contribution in [3.63, 3.8) is 0 Å². The van der Waals surface area contributed by atoms with E-state index in [4.69, 9.17) is 0 Å². The second kappa shape index (κ2) is 11.3. The highest BCUT2D eigenvalue weighted by atomic mass is 32.1. The first kappa shape index (κ1) is 24.7. The van der Waals surface area contributed by atoms with Gasteiger partial charge in [-0.25, -0.2) is 0 Å². The van der Waals surface area contributed by atoms with Gasteiger partial charge in [-0.2, -0.15) is 0 Å². The standard InChI is InChI=1S/C28H31N3O3S/c1-19-10-3-7-14-22(19)26(28(34)30-21-12-5-6-13-21)31(23-15-8-4-11-20(23)2)25(32)18-29-27(33)24-16-9-17-35-24/h3-4,7-11,14-17,21,26H,5-6,12-13,18H2,1-2H3,(H,29,33)(H,30,34). The topological polar surface area (TPSA) is 78.5 Å². The zero-order chi connectivity index (χ0) is 24.8. The van der Waals surface area contributed by atoms with Crippen LogP contribution >= 0.6 is 11.3 Å². The molecule has 1 saturated carbocycles. The van der Waals surface area contributed by atoms with Crippen LogP contribution in [-0.2, 0) is 9.59 Å². The highest BCUT2D eigenvalue weighted by molar-refractivity contribution is 7.12. The van der Waals surface area contributed by atoms with E-state index in [2.05, 4.69) is 10.6 Å². The Morgan fingerprint density at radius 3 is 2.29 bits per heavy atom. The molecule has 1 aliphatic carbocycles. The van der Waals surface area contributed by atoms with Crippen LogP contribution in [0.2, 0.25) is 0 Å². The number of hydrogen-bond acceptors (Lipinski definition) is 4. The van der Waals surface area contributed by atoms with Crippen molar-refractivity contribution < 1.29 is 14.4 Å². The second-order valence-electron chi connectivity index (χ2n) is 8.96. The molecule has 0 radical (unpaired) electrons. The Kier molecular flexibility index (Phi) is 7.98. The third-order valence-corrected chi connectivity index (χ3v) is 7.35. The average molecular weight is 490 g/mol. The lowest BCUT2D eigenvalue weighted by Crippen LogP contribution is -2.49. The summed E-state index contributed by atoms with van der Waals surface area (Å²) >= 11 is 1.32. The maximum Gasteiger partial charge on any atom is 0.261 e. The summed E-state index contributed by atoms with van der Waals surface area (Å²) < 4.78 is 0. The van der Waals surface area contributed by atoms with Crippen LogP contribution in [-0.4, -0.2) is 30.3 Å². The Hall–Kier alpha value is -3.45. The van der Waals surface area contributed by atoms with Gasteiger partial charge in [0.2, 0.25) is 11.8 Å². The van der Waals surface area contributed by atoms with E-state index in [0.29, 0.717) is 10.6 Å². The van der Waals surface area contributed by atoms with Gasteiger partial charge >= 0.3 is 0 Å². The predicted octanol–water partition coefficient (Wildman–Crippen LogP) is 4.93. The summed E-state index contributed by atoms with van der Waals surface area (Å²) in [5.74, 6) is -0.854. The van der Waals surface area contributed by atoms with Crippen LogP contribution in [0.1, 0.15) is 58.1 Å². The lowest BCUT2D eigenvalue weighted by Gasteiger charge is -2.34. The Labute approximate surface area is 210 Å². The van der Waals surface area contributed by atoms with E-state index in [-0.39, 0.29) is 30.3 Å². The van der Waals surface area contributed by atoms with Crippen molar-refractivity contribution in [2.45, 2.75) is 51.6 Å². The summed E-state index contributed by atoms with van der Waals surface area (Å²) in [5.41, 5.74) is 3.22. The predicted molar refractivity (Wildman–Crippen MR) is 140 cm³/mol.